The van der Waals surface area contributed by atoms with Crippen LogP contribution in [0.1, 0.15) is 29.2 Å². The maximum Gasteiger partial charge on any atom is 0.266 e. The maximum atomic E-state index is 12.9. The van der Waals surface area contributed by atoms with Gasteiger partial charge in [0.15, 0.2) is 11.5 Å². The Morgan fingerprint density at radius 1 is 0.814 bits per heavy atom. The van der Waals surface area contributed by atoms with Gasteiger partial charge >= 0.3 is 0 Å². The number of ether oxygens (including phenoxy) is 3. The molecule has 0 fully saturated rings. The molecule has 6 heteroatoms. The predicted octanol–water partition coefficient (Wildman–Crippen LogP) is 8.25. The Bertz CT molecular complexity index is 1780. The minimum absolute atomic E-state index is 0.0356. The van der Waals surface area contributed by atoms with Gasteiger partial charge in [0.2, 0.25) is 0 Å². The zero-order chi connectivity index (χ0) is 30.0. The van der Waals surface area contributed by atoms with Crippen molar-refractivity contribution in [3.63, 3.8) is 0 Å². The van der Waals surface area contributed by atoms with Crippen molar-refractivity contribution in [3.05, 3.63) is 137 Å². The number of hydrogen-bond acceptors (Lipinski definition) is 5. The molecule has 1 N–H and O–H groups in total. The molecule has 0 bridgehead atoms. The number of nitriles is 1. The third-order valence-corrected chi connectivity index (χ3v) is 6.85. The topological polar surface area (TPSA) is 80.6 Å². The van der Waals surface area contributed by atoms with Gasteiger partial charge in [0.25, 0.3) is 5.91 Å². The molecule has 0 aliphatic carbocycles. The standard InChI is InChI=1S/C37H32N2O4/c1-3-41-36-22-28(15-20-35(36)43-25-30-9-6-8-29-7-4-5-10-34(29)30)21-31(23-38)37(40)39-32-16-18-33(19-17-32)42-24-27-13-11-26(2)12-14-27/h4-22H,3,24-25H2,1-2H3,(H,39,40)/b31-21+. The van der Waals surface area contributed by atoms with Crippen LogP contribution in [0.2, 0.25) is 0 Å². The minimum Gasteiger partial charge on any atom is -0.490 e. The van der Waals surface area contributed by atoms with Gasteiger partial charge in [-0.05, 0) is 83.8 Å². The molecule has 5 aromatic rings. The van der Waals surface area contributed by atoms with Crippen LogP contribution in [0.4, 0.5) is 5.69 Å². The fourth-order valence-corrected chi connectivity index (χ4v) is 4.57. The summed E-state index contributed by atoms with van der Waals surface area (Å²) in [7, 11) is 0. The lowest BCUT2D eigenvalue weighted by molar-refractivity contribution is -0.112. The van der Waals surface area contributed by atoms with E-state index in [1.807, 2.05) is 68.4 Å². The van der Waals surface area contributed by atoms with Gasteiger partial charge in [0.05, 0.1) is 6.61 Å². The summed E-state index contributed by atoms with van der Waals surface area (Å²) in [5, 5.41) is 14.8. The SMILES string of the molecule is CCOc1cc(/C=C(\C#N)C(=O)Nc2ccc(OCc3ccc(C)cc3)cc2)ccc1OCc1cccc2ccccc12. The fraction of sp³-hybridized carbons (Fsp3) is 0.135. The first-order valence-corrected chi connectivity index (χ1v) is 14.1. The van der Waals surface area contributed by atoms with Crippen molar-refractivity contribution >= 4 is 28.4 Å². The number of nitrogens with zero attached hydrogens (tertiary/aromatic N) is 1. The zero-order valence-corrected chi connectivity index (χ0v) is 24.2. The number of carbonyl (C=O) groups excluding carboxylic acids is 1. The number of anilines is 1. The maximum absolute atomic E-state index is 12.9. The third kappa shape index (κ3) is 7.60. The molecule has 5 aromatic carbocycles. The smallest absolute Gasteiger partial charge is 0.266 e. The molecule has 0 saturated carbocycles. The molecule has 5 rings (SSSR count). The third-order valence-electron chi connectivity index (χ3n) is 6.85. The molecule has 0 aliphatic rings. The van der Waals surface area contributed by atoms with Gasteiger partial charge in [0.1, 0.15) is 30.6 Å². The van der Waals surface area contributed by atoms with Crippen molar-refractivity contribution in [2.45, 2.75) is 27.1 Å². The van der Waals surface area contributed by atoms with Crippen LogP contribution in [0, 0.1) is 18.3 Å². The van der Waals surface area contributed by atoms with E-state index in [1.165, 1.54) is 11.6 Å². The Labute approximate surface area is 251 Å². The molecule has 0 unspecified atom stereocenters. The van der Waals surface area contributed by atoms with Crippen LogP contribution >= 0.6 is 0 Å². The van der Waals surface area contributed by atoms with Crippen LogP contribution < -0.4 is 19.5 Å². The van der Waals surface area contributed by atoms with Crippen molar-refractivity contribution in [3.8, 4) is 23.3 Å². The van der Waals surface area contributed by atoms with Gasteiger partial charge in [-0.3, -0.25) is 4.79 Å². The van der Waals surface area contributed by atoms with Crippen LogP contribution in [0.15, 0.2) is 115 Å². The summed E-state index contributed by atoms with van der Waals surface area (Å²) < 4.78 is 17.8. The van der Waals surface area contributed by atoms with E-state index in [-0.39, 0.29) is 5.57 Å². The number of aryl methyl sites for hydroxylation is 1. The van der Waals surface area contributed by atoms with Crippen molar-refractivity contribution in [1.82, 2.24) is 0 Å². The number of carbonyl (C=O) groups is 1. The average Bonchev–Trinajstić information content (AvgIpc) is 3.03. The first-order valence-electron chi connectivity index (χ1n) is 14.1. The normalized spacial score (nSPS) is 11.0. The molecule has 0 radical (unpaired) electrons. The van der Waals surface area contributed by atoms with Crippen LogP contribution in [0.3, 0.4) is 0 Å². The first-order chi connectivity index (χ1) is 21.0. The van der Waals surface area contributed by atoms with Gasteiger partial charge in [-0.15, -0.1) is 0 Å². The van der Waals surface area contributed by atoms with Gasteiger partial charge in [-0.1, -0.05) is 78.4 Å². The number of amides is 1. The van der Waals surface area contributed by atoms with Gasteiger partial charge in [-0.2, -0.15) is 5.26 Å². The second kappa shape index (κ2) is 13.9. The highest BCUT2D eigenvalue weighted by molar-refractivity contribution is 6.09. The highest BCUT2D eigenvalue weighted by Gasteiger charge is 2.12. The Kier molecular flexibility index (Phi) is 9.35. The largest absolute Gasteiger partial charge is 0.490 e. The fourth-order valence-electron chi connectivity index (χ4n) is 4.57. The molecule has 0 saturated heterocycles. The average molecular weight is 569 g/mol. The van der Waals surface area contributed by atoms with E-state index in [4.69, 9.17) is 14.2 Å². The van der Waals surface area contributed by atoms with Crippen LogP contribution in [-0.4, -0.2) is 12.5 Å². The molecule has 0 aliphatic heterocycles. The number of rotatable bonds is 11. The second-order valence-electron chi connectivity index (χ2n) is 9.99. The zero-order valence-electron chi connectivity index (χ0n) is 24.2. The quantitative estimate of drug-likeness (QED) is 0.128. The monoisotopic (exact) mass is 568 g/mol. The Morgan fingerprint density at radius 2 is 1.58 bits per heavy atom. The van der Waals surface area contributed by atoms with Crippen molar-refractivity contribution in [2.24, 2.45) is 0 Å². The summed E-state index contributed by atoms with van der Waals surface area (Å²) in [6, 6.07) is 36.9. The molecule has 214 valence electrons. The van der Waals surface area contributed by atoms with Gasteiger partial charge < -0.3 is 19.5 Å². The summed E-state index contributed by atoms with van der Waals surface area (Å²) in [6.07, 6.45) is 1.53. The summed E-state index contributed by atoms with van der Waals surface area (Å²) in [4.78, 5) is 12.9. The first kappa shape index (κ1) is 29.0. The van der Waals surface area contributed by atoms with Crippen molar-refractivity contribution in [1.29, 1.82) is 5.26 Å². The van der Waals surface area contributed by atoms with Crippen molar-refractivity contribution in [2.75, 3.05) is 11.9 Å². The predicted molar refractivity (Wildman–Crippen MR) is 170 cm³/mol. The van der Waals surface area contributed by atoms with E-state index >= 15 is 0 Å². The summed E-state index contributed by atoms with van der Waals surface area (Å²) in [5.41, 5.74) is 4.51. The number of benzene rings is 5. The lowest BCUT2D eigenvalue weighted by Crippen LogP contribution is -2.13. The van der Waals surface area contributed by atoms with Crippen LogP contribution in [-0.2, 0) is 18.0 Å². The molecular formula is C37H32N2O4. The highest BCUT2D eigenvalue weighted by Crippen LogP contribution is 2.31. The van der Waals surface area contributed by atoms with E-state index < -0.39 is 5.91 Å². The van der Waals surface area contributed by atoms with E-state index in [1.54, 1.807) is 42.5 Å². The van der Waals surface area contributed by atoms with E-state index in [0.29, 0.717) is 48.3 Å². The number of hydrogen-bond donors (Lipinski definition) is 1. The molecule has 0 heterocycles. The summed E-state index contributed by atoms with van der Waals surface area (Å²) in [6.45, 7) is 5.20. The van der Waals surface area contributed by atoms with Gasteiger partial charge in [-0.25, -0.2) is 0 Å². The molecular weight excluding hydrogens is 536 g/mol. The van der Waals surface area contributed by atoms with Crippen LogP contribution in [0.25, 0.3) is 16.8 Å². The Hall–Kier alpha value is -5.54. The number of fused-ring (bicyclic) bond motifs is 1. The van der Waals surface area contributed by atoms with Crippen LogP contribution in [0.5, 0.6) is 17.2 Å². The summed E-state index contributed by atoms with van der Waals surface area (Å²) in [5.74, 6) is 1.29. The lowest BCUT2D eigenvalue weighted by atomic mass is 10.1. The molecule has 0 atom stereocenters. The number of nitrogens with one attached hydrogen (secondary N) is 1. The summed E-state index contributed by atoms with van der Waals surface area (Å²) >= 11 is 0. The Morgan fingerprint density at radius 3 is 2.35 bits per heavy atom. The molecule has 43 heavy (non-hydrogen) atoms. The molecule has 6 nitrogen and oxygen atoms in total. The molecule has 1 amide bonds. The molecule has 0 aromatic heterocycles. The van der Waals surface area contributed by atoms with Gasteiger partial charge in [0, 0.05) is 5.69 Å². The molecule has 0 spiro atoms. The lowest BCUT2D eigenvalue weighted by Gasteiger charge is -2.14. The highest BCUT2D eigenvalue weighted by atomic mass is 16.5. The van der Waals surface area contributed by atoms with Crippen molar-refractivity contribution < 1.29 is 19.0 Å². The van der Waals surface area contributed by atoms with E-state index in [9.17, 15) is 10.1 Å². The second-order valence-corrected chi connectivity index (χ2v) is 9.99. The minimum atomic E-state index is -0.509. The van der Waals surface area contributed by atoms with E-state index in [0.717, 1.165) is 21.9 Å². The van der Waals surface area contributed by atoms with E-state index in [2.05, 4.69) is 23.5 Å². The Balaban J connectivity index is 1.24.